The van der Waals surface area contributed by atoms with Crippen molar-refractivity contribution in [2.75, 3.05) is 0 Å². The van der Waals surface area contributed by atoms with Crippen LogP contribution in [0.4, 0.5) is 0 Å². The fourth-order valence-electron chi connectivity index (χ4n) is 4.22. The number of hydrogen-bond donors (Lipinski definition) is 0. The van der Waals surface area contributed by atoms with Crippen molar-refractivity contribution in [3.8, 4) is 0 Å². The van der Waals surface area contributed by atoms with Crippen LogP contribution >= 0.6 is 0 Å². The zero-order valence-electron chi connectivity index (χ0n) is 13.3. The molecular weight excluding hydrogens is 268 g/mol. The molecule has 0 aromatic heterocycles. The normalized spacial score (nSPS) is 17.5. The van der Waals surface area contributed by atoms with Gasteiger partial charge in [-0.05, 0) is 18.1 Å². The molecule has 0 heterocycles. The first kappa shape index (κ1) is 14.3. The molecule has 2 aromatic carbocycles. The van der Waals surface area contributed by atoms with Gasteiger partial charge in [0.15, 0.2) is 0 Å². The van der Waals surface area contributed by atoms with Crippen molar-refractivity contribution in [1.29, 1.82) is 0 Å². The van der Waals surface area contributed by atoms with Gasteiger partial charge in [-0.15, -0.1) is 0 Å². The molecule has 0 N–H and O–H groups in total. The van der Waals surface area contributed by atoms with E-state index in [1.807, 2.05) is 0 Å². The third-order valence-corrected chi connectivity index (χ3v) is 11.2. The highest BCUT2D eigenvalue weighted by Crippen LogP contribution is 2.44. The summed E-state index contributed by atoms with van der Waals surface area (Å²) in [7, 11) is -1.57. The Morgan fingerprint density at radius 3 is 2.14 bits per heavy atom. The molecule has 0 bridgehead atoms. The van der Waals surface area contributed by atoms with Crippen LogP contribution < -0.4 is 5.19 Å². The second-order valence-electron chi connectivity index (χ2n) is 6.18. The molecule has 1 aliphatic rings. The molecule has 1 heteroatoms. The van der Waals surface area contributed by atoms with Gasteiger partial charge in [-0.1, -0.05) is 97.4 Å². The Morgan fingerprint density at radius 1 is 0.857 bits per heavy atom. The molecule has 1 aliphatic carbocycles. The van der Waals surface area contributed by atoms with Crippen LogP contribution in [-0.4, -0.2) is 8.07 Å². The summed E-state index contributed by atoms with van der Waals surface area (Å²) in [6.07, 6.45) is 2.41. The first-order valence-electron chi connectivity index (χ1n) is 8.05. The first-order valence-corrected chi connectivity index (χ1v) is 10.5. The van der Waals surface area contributed by atoms with E-state index < -0.39 is 8.07 Å². The first-order chi connectivity index (χ1) is 10.2. The number of fused-ring (bicyclic) bond motifs is 1. The zero-order valence-corrected chi connectivity index (χ0v) is 14.3. The van der Waals surface area contributed by atoms with Crippen LogP contribution in [0.15, 0.2) is 60.2 Å². The van der Waals surface area contributed by atoms with Gasteiger partial charge in [-0.25, -0.2) is 0 Å². The molecule has 108 valence electrons. The van der Waals surface area contributed by atoms with E-state index in [1.54, 1.807) is 16.3 Å². The van der Waals surface area contributed by atoms with E-state index in [-0.39, 0.29) is 0 Å². The Morgan fingerprint density at radius 2 is 1.48 bits per heavy atom. The Labute approximate surface area is 129 Å². The molecular formula is C20H24Si. The molecule has 3 rings (SSSR count). The van der Waals surface area contributed by atoms with Gasteiger partial charge in [0.25, 0.3) is 0 Å². The predicted molar refractivity (Wildman–Crippen MR) is 95.6 cm³/mol. The Bertz CT molecular complexity index is 651. The van der Waals surface area contributed by atoms with Crippen molar-refractivity contribution in [3.05, 3.63) is 71.3 Å². The summed E-state index contributed by atoms with van der Waals surface area (Å²) in [4.78, 5) is 0. The molecule has 0 nitrogen and oxygen atoms in total. The summed E-state index contributed by atoms with van der Waals surface area (Å²) in [5, 5.41) is 1.62. The topological polar surface area (TPSA) is 0 Å². The van der Waals surface area contributed by atoms with Crippen molar-refractivity contribution >= 4 is 19.3 Å². The lowest BCUT2D eigenvalue weighted by Crippen LogP contribution is -2.52. The van der Waals surface area contributed by atoms with Crippen LogP contribution in [0.25, 0.3) is 6.08 Å². The van der Waals surface area contributed by atoms with Gasteiger partial charge in [-0.3, -0.25) is 0 Å². The van der Waals surface area contributed by atoms with Crippen LogP contribution in [0.2, 0.25) is 12.1 Å². The van der Waals surface area contributed by atoms with Gasteiger partial charge in [0.1, 0.15) is 0 Å². The molecule has 1 atom stereocenters. The Hall–Kier alpha value is -1.60. The van der Waals surface area contributed by atoms with Gasteiger partial charge in [-0.2, -0.15) is 0 Å². The number of benzene rings is 2. The highest BCUT2D eigenvalue weighted by atomic mass is 28.3. The summed E-state index contributed by atoms with van der Waals surface area (Å²) < 4.78 is 0. The smallest absolute Gasteiger partial charge is 0.0675 e. The minimum atomic E-state index is -1.57. The fourth-order valence-corrected chi connectivity index (χ4v) is 9.35. The third kappa shape index (κ3) is 2.20. The quantitative estimate of drug-likeness (QED) is 0.686. The largest absolute Gasteiger partial charge is 0.0977 e. The number of rotatable bonds is 4. The molecule has 0 spiro atoms. The van der Waals surface area contributed by atoms with Crippen molar-refractivity contribution in [2.24, 2.45) is 0 Å². The summed E-state index contributed by atoms with van der Waals surface area (Å²) in [5.74, 6) is 0. The average molecular weight is 292 g/mol. The molecule has 0 saturated carbocycles. The molecule has 2 aromatic rings. The maximum atomic E-state index is 2.41. The number of hydrogen-bond acceptors (Lipinski definition) is 0. The molecule has 1 unspecified atom stereocenters. The lowest BCUT2D eigenvalue weighted by Gasteiger charge is -2.38. The van der Waals surface area contributed by atoms with Crippen molar-refractivity contribution < 1.29 is 0 Å². The monoisotopic (exact) mass is 292 g/mol. The van der Waals surface area contributed by atoms with Gasteiger partial charge in [0.2, 0.25) is 0 Å². The molecule has 0 fully saturated rings. The standard InChI is InChI=1S/C20H24Si/c1-4-21(5-2,18-12-7-6-8-13-18)20-16(3)15-17-11-9-10-14-19(17)20/h6-15,20H,4-5H2,1-3H3. The minimum absolute atomic E-state index is 0.645. The maximum Gasteiger partial charge on any atom is 0.0977 e. The summed E-state index contributed by atoms with van der Waals surface area (Å²) >= 11 is 0. The van der Waals surface area contributed by atoms with Crippen LogP contribution in [0.5, 0.6) is 0 Å². The highest BCUT2D eigenvalue weighted by molar-refractivity contribution is 6.93. The second-order valence-corrected chi connectivity index (χ2v) is 11.1. The van der Waals surface area contributed by atoms with E-state index in [4.69, 9.17) is 0 Å². The van der Waals surface area contributed by atoms with Crippen LogP contribution in [0.1, 0.15) is 37.4 Å². The third-order valence-electron chi connectivity index (χ3n) is 5.31. The average Bonchev–Trinajstić information content (AvgIpc) is 2.87. The molecule has 0 saturated heterocycles. The van der Waals surface area contributed by atoms with E-state index in [9.17, 15) is 0 Å². The van der Waals surface area contributed by atoms with Crippen LogP contribution in [0, 0.1) is 0 Å². The molecule has 21 heavy (non-hydrogen) atoms. The van der Waals surface area contributed by atoms with Gasteiger partial charge in [0, 0.05) is 5.54 Å². The highest BCUT2D eigenvalue weighted by Gasteiger charge is 2.43. The predicted octanol–water partition coefficient (Wildman–Crippen LogP) is 5.12. The lowest BCUT2D eigenvalue weighted by molar-refractivity contribution is 1.03. The second kappa shape index (κ2) is 5.65. The SMILES string of the molecule is CC[Si](CC)(c1ccccc1)C1C(C)=Cc2ccccc21. The lowest BCUT2D eigenvalue weighted by atomic mass is 10.1. The van der Waals surface area contributed by atoms with E-state index in [1.165, 1.54) is 17.7 Å². The van der Waals surface area contributed by atoms with Crippen molar-refractivity contribution in [3.63, 3.8) is 0 Å². The van der Waals surface area contributed by atoms with Crippen molar-refractivity contribution in [2.45, 2.75) is 38.4 Å². The summed E-state index contributed by atoms with van der Waals surface area (Å²) in [6, 6.07) is 22.9. The Kier molecular flexibility index (Phi) is 3.86. The van der Waals surface area contributed by atoms with Crippen molar-refractivity contribution in [1.82, 2.24) is 0 Å². The summed E-state index contributed by atoms with van der Waals surface area (Å²) in [5.41, 5.74) is 5.21. The zero-order chi connectivity index (χ0) is 14.9. The summed E-state index contributed by atoms with van der Waals surface area (Å²) in [6.45, 7) is 7.13. The van der Waals surface area contributed by atoms with E-state index in [2.05, 4.69) is 81.4 Å². The van der Waals surface area contributed by atoms with Crippen LogP contribution in [-0.2, 0) is 0 Å². The number of allylic oxidation sites excluding steroid dienone is 1. The molecule has 0 aliphatic heterocycles. The van der Waals surface area contributed by atoms with Crippen LogP contribution in [0.3, 0.4) is 0 Å². The van der Waals surface area contributed by atoms with E-state index in [0.717, 1.165) is 0 Å². The fraction of sp³-hybridized carbons (Fsp3) is 0.300. The Balaban J connectivity index is 2.17. The molecule has 0 radical (unpaired) electrons. The van der Waals surface area contributed by atoms with Gasteiger partial charge in [0.05, 0.1) is 8.07 Å². The maximum absolute atomic E-state index is 2.41. The van der Waals surface area contributed by atoms with E-state index >= 15 is 0 Å². The minimum Gasteiger partial charge on any atom is -0.0675 e. The van der Waals surface area contributed by atoms with E-state index in [0.29, 0.717) is 5.54 Å². The van der Waals surface area contributed by atoms with Gasteiger partial charge >= 0.3 is 0 Å². The molecule has 0 amide bonds. The van der Waals surface area contributed by atoms with Gasteiger partial charge < -0.3 is 0 Å².